The molecule has 0 radical (unpaired) electrons. The maximum Gasteiger partial charge on any atom is 0.222 e. The van der Waals surface area contributed by atoms with Crippen molar-refractivity contribution in [3.05, 3.63) is 358 Å². The Kier molecular flexibility index (Phi) is 26.4. The van der Waals surface area contributed by atoms with Gasteiger partial charge in [0.25, 0.3) is 0 Å². The Balaban J connectivity index is 0.700. The summed E-state index contributed by atoms with van der Waals surface area (Å²) >= 11 is 0. The van der Waals surface area contributed by atoms with Crippen LogP contribution in [0.3, 0.4) is 0 Å². The first-order valence-electron chi connectivity index (χ1n) is 40.3. The van der Waals surface area contributed by atoms with Gasteiger partial charge in [-0.05, 0) is 66.8 Å². The van der Waals surface area contributed by atoms with Gasteiger partial charge in [0, 0.05) is 0 Å². The lowest BCUT2D eigenvalue weighted by Crippen LogP contribution is -2.63. The first-order valence-corrected chi connectivity index (χ1v) is 40.3. The Hall–Kier alpha value is -8.60. The van der Waals surface area contributed by atoms with Gasteiger partial charge in [0.2, 0.25) is 23.1 Å². The molecule has 6 saturated heterocycles. The van der Waals surface area contributed by atoms with Gasteiger partial charge in [0.1, 0.15) is 99.7 Å². The molecule has 0 saturated carbocycles. The maximum absolute atomic E-state index is 7.31. The molecule has 20 nitrogen and oxygen atoms in total. The van der Waals surface area contributed by atoms with E-state index >= 15 is 0 Å². The van der Waals surface area contributed by atoms with Gasteiger partial charge in [-0.25, -0.2) is 0 Å². The summed E-state index contributed by atoms with van der Waals surface area (Å²) in [7, 11) is 0. The highest BCUT2D eigenvalue weighted by Crippen LogP contribution is 2.50. The van der Waals surface area contributed by atoms with Crippen LogP contribution >= 0.6 is 0 Å². The van der Waals surface area contributed by atoms with Crippen LogP contribution in [-0.2, 0) is 174 Å². The van der Waals surface area contributed by atoms with Crippen molar-refractivity contribution < 1.29 is 94.7 Å². The molecule has 10 heterocycles. The molecule has 16 atom stereocenters. The molecule has 0 aliphatic carbocycles. The van der Waals surface area contributed by atoms with E-state index in [1.54, 1.807) is 0 Å². The molecule has 0 N–H and O–H groups in total. The summed E-state index contributed by atoms with van der Waals surface area (Å²) in [5, 5.41) is 0. The number of ether oxygens (including phenoxy) is 20. The molecule has 0 amide bonds. The van der Waals surface area contributed by atoms with Gasteiger partial charge in [-0.15, -0.1) is 0 Å². The Morgan fingerprint density at radius 2 is 0.397 bits per heavy atom. The second-order valence-electron chi connectivity index (χ2n) is 30.6. The number of rotatable bonds is 24. The van der Waals surface area contributed by atoms with E-state index in [0.717, 1.165) is 66.8 Å². The normalized spacial score (nSPS) is 29.6. The minimum absolute atomic E-state index is 0.0912. The average Bonchev–Trinajstić information content (AvgIpc) is 1.57. The van der Waals surface area contributed by atoms with E-state index in [2.05, 4.69) is 12.1 Å². The summed E-state index contributed by atoms with van der Waals surface area (Å²) in [5.74, 6) is -6.15. The molecular formula is C96H100O20. The molecule has 6 fully saturated rings. The highest BCUT2D eigenvalue weighted by molar-refractivity contribution is 5.26. The van der Waals surface area contributed by atoms with Crippen molar-refractivity contribution >= 4 is 0 Å². The second kappa shape index (κ2) is 38.4. The third kappa shape index (κ3) is 19.4. The zero-order valence-electron chi connectivity index (χ0n) is 64.9. The van der Waals surface area contributed by atoms with Crippen molar-refractivity contribution in [2.45, 2.75) is 176 Å². The maximum atomic E-state index is 7.31. The lowest BCUT2D eigenvalue weighted by atomic mass is 10.0. The molecule has 10 aromatic rings. The highest BCUT2D eigenvalue weighted by atomic mass is 16.8. The molecule has 10 aliphatic heterocycles. The molecular weight excluding hydrogens is 1470 g/mol. The highest BCUT2D eigenvalue weighted by Gasteiger charge is 2.69. The lowest BCUT2D eigenvalue weighted by Gasteiger charge is -2.46. The van der Waals surface area contributed by atoms with Crippen molar-refractivity contribution in [3.63, 3.8) is 0 Å². The summed E-state index contributed by atoms with van der Waals surface area (Å²) in [6.07, 6.45) is -9.19. The zero-order valence-corrected chi connectivity index (χ0v) is 64.9. The van der Waals surface area contributed by atoms with Crippen LogP contribution in [0.4, 0.5) is 0 Å². The summed E-state index contributed by atoms with van der Waals surface area (Å²) in [6.45, 7) is 2.50. The SMILES string of the molecule is c1ccc(CO[C@@H]2[C@H]3COCc4cccc(c4)COC[C@H]4O[C@]5(CO[C@]6(CO5)O[C@H](COCc5cccc(c5)COC[C@H]5O[C@@]7(CO[C@@](CO7)(O3)[C@H]2OCc2ccccc2)[C@@H](OCc2ccccc2)[C@@H]5OCc2ccccc2)[C@@H](OCc2ccccc2)[C@@H]6OCc2ccccc2)[C@@H](OCc2ccccc2)[C@@H]4OCc2ccccc2)cc1. The van der Waals surface area contributed by atoms with Gasteiger partial charge in [-0.1, -0.05) is 291 Å². The Morgan fingerprint density at radius 1 is 0.216 bits per heavy atom. The van der Waals surface area contributed by atoms with E-state index in [1.165, 1.54) is 0 Å². The first-order chi connectivity index (χ1) is 57.3. The predicted molar refractivity (Wildman–Crippen MR) is 426 cm³/mol. The zero-order chi connectivity index (χ0) is 78.1. The van der Waals surface area contributed by atoms with Crippen LogP contribution in [0, 0.1) is 0 Å². The lowest BCUT2D eigenvalue weighted by molar-refractivity contribution is -0.406. The topological polar surface area (TPSA) is 185 Å². The summed E-state index contributed by atoms with van der Waals surface area (Å²) < 4.78 is 142. The van der Waals surface area contributed by atoms with E-state index in [4.69, 9.17) is 94.7 Å². The van der Waals surface area contributed by atoms with E-state index in [9.17, 15) is 0 Å². The Labute approximate surface area is 677 Å². The van der Waals surface area contributed by atoms with Crippen molar-refractivity contribution in [3.8, 4) is 0 Å². The summed E-state index contributed by atoms with van der Waals surface area (Å²) in [5.41, 5.74) is 11.3. The van der Waals surface area contributed by atoms with Crippen LogP contribution in [0.25, 0.3) is 0 Å². The smallest absolute Gasteiger partial charge is 0.222 e. The number of hydrogen-bond donors (Lipinski definition) is 0. The monoisotopic (exact) mass is 1570 g/mol. The number of benzene rings is 10. The van der Waals surface area contributed by atoms with Crippen LogP contribution in [0.15, 0.2) is 291 Å². The molecule has 12 bridgehead atoms. The van der Waals surface area contributed by atoms with E-state index in [-0.39, 0.29) is 132 Å². The summed E-state index contributed by atoms with van der Waals surface area (Å²) in [4.78, 5) is 0. The number of hydrogen-bond acceptors (Lipinski definition) is 20. The van der Waals surface area contributed by atoms with Gasteiger partial charge >= 0.3 is 0 Å². The van der Waals surface area contributed by atoms with E-state index in [0.29, 0.717) is 0 Å². The summed E-state index contributed by atoms with van der Waals surface area (Å²) in [6, 6.07) is 96.6. The van der Waals surface area contributed by atoms with Crippen LogP contribution in [0.2, 0.25) is 0 Å². The minimum atomic E-state index is -1.54. The molecule has 116 heavy (non-hydrogen) atoms. The molecule has 20 rings (SSSR count). The van der Waals surface area contributed by atoms with Crippen LogP contribution in [-0.4, -0.2) is 149 Å². The molecule has 10 aromatic carbocycles. The third-order valence-corrected chi connectivity index (χ3v) is 22.3. The van der Waals surface area contributed by atoms with E-state index < -0.39 is 96.4 Å². The molecule has 4 spiro atoms. The quantitative estimate of drug-likeness (QED) is 0.0556. The Bertz CT molecular complexity index is 4030. The van der Waals surface area contributed by atoms with Crippen LogP contribution in [0.5, 0.6) is 0 Å². The van der Waals surface area contributed by atoms with E-state index in [1.807, 2.05) is 279 Å². The second-order valence-corrected chi connectivity index (χ2v) is 30.6. The standard InChI is InChI=1S/C96H100O20/c1-9-27-69(28-10-1)53-101-85-81-61-97-49-77-43-25-44-78(47-77)50-98-63-83-87(103-55-71-31-13-3-14-32-71)91(107-59-75-39-21-7-22-40-75)95(115-83)67-112-96(68-111-95)92(108-60-76-41-23-8-24-42-76)88(104-56-72-33-15-4-16-34-72)84(116-96)64-100-52-80-46-26-45-79(48-80)51-99-62-82-86(102-54-70-29-11-2-12-30-70)90(106-58-74-37-19-6-20-38-74)94(114-82)66-109-93(113-81,65-110-94)89(85)105-57-73-35-17-5-18-36-73/h1-48,81-92H,49-68H2/t81-,82-,83-,84-,85-,86-,87-,88-,89+,90+,91+,92+,93-,94-,95+,96+/m1/s1. The van der Waals surface area contributed by atoms with Gasteiger partial charge in [0.05, 0.1) is 106 Å². The third-order valence-electron chi connectivity index (χ3n) is 22.3. The van der Waals surface area contributed by atoms with Crippen molar-refractivity contribution in [2.75, 3.05) is 52.9 Å². The van der Waals surface area contributed by atoms with Gasteiger partial charge in [0.15, 0.2) is 0 Å². The molecule has 20 heteroatoms. The first kappa shape index (κ1) is 79.8. The largest absolute Gasteiger partial charge is 0.374 e. The fourth-order valence-electron chi connectivity index (χ4n) is 16.4. The minimum Gasteiger partial charge on any atom is -0.374 e. The average molecular weight is 1570 g/mol. The van der Waals surface area contributed by atoms with Gasteiger partial charge < -0.3 is 94.7 Å². The predicted octanol–water partition coefficient (Wildman–Crippen LogP) is 14.6. The molecule has 0 aromatic heterocycles. The molecule has 10 aliphatic rings. The molecule has 604 valence electrons. The van der Waals surface area contributed by atoms with Gasteiger partial charge in [-0.2, -0.15) is 0 Å². The van der Waals surface area contributed by atoms with Crippen molar-refractivity contribution in [2.24, 2.45) is 0 Å². The Morgan fingerprint density at radius 3 is 0.578 bits per heavy atom. The van der Waals surface area contributed by atoms with Crippen LogP contribution in [0.1, 0.15) is 66.8 Å². The molecule has 0 unspecified atom stereocenters. The van der Waals surface area contributed by atoms with Crippen molar-refractivity contribution in [1.82, 2.24) is 0 Å². The van der Waals surface area contributed by atoms with Crippen molar-refractivity contribution in [1.29, 1.82) is 0 Å². The fraction of sp³-hybridized carbons (Fsp3) is 0.375. The van der Waals surface area contributed by atoms with Crippen LogP contribution < -0.4 is 0 Å². The van der Waals surface area contributed by atoms with Gasteiger partial charge in [-0.3, -0.25) is 0 Å². The fourth-order valence-corrected chi connectivity index (χ4v) is 16.4.